The van der Waals surface area contributed by atoms with E-state index < -0.39 is 11.6 Å². The van der Waals surface area contributed by atoms with Crippen molar-refractivity contribution in [2.75, 3.05) is 0 Å². The number of H-pyrrole nitrogens is 1. The van der Waals surface area contributed by atoms with Crippen LogP contribution in [0.3, 0.4) is 0 Å². The molecule has 2 heterocycles. The maximum absolute atomic E-state index is 14.1. The van der Waals surface area contributed by atoms with Gasteiger partial charge in [0.05, 0.1) is 23.8 Å². The quantitative estimate of drug-likeness (QED) is 0.556. The summed E-state index contributed by atoms with van der Waals surface area (Å²) >= 11 is 0. The monoisotopic (exact) mass is 367 g/mol. The zero-order chi connectivity index (χ0) is 19.0. The average Bonchev–Trinajstić information content (AvgIpc) is 3.23. The second kappa shape index (κ2) is 6.92. The molecule has 0 fully saturated rings. The van der Waals surface area contributed by atoms with Crippen LogP contribution in [-0.4, -0.2) is 19.7 Å². The van der Waals surface area contributed by atoms with E-state index in [0.717, 1.165) is 34.2 Å². The highest BCUT2D eigenvalue weighted by atomic mass is 19.1. The molecule has 138 valence electrons. The summed E-state index contributed by atoms with van der Waals surface area (Å²) in [4.78, 5) is 7.83. The van der Waals surface area contributed by atoms with Crippen LogP contribution in [0.5, 0.6) is 0 Å². The number of nitrogens with one attached hydrogen (secondary N) is 2. The fourth-order valence-corrected chi connectivity index (χ4v) is 3.19. The lowest BCUT2D eigenvalue weighted by atomic mass is 10.1. The summed E-state index contributed by atoms with van der Waals surface area (Å²) in [5.74, 6) is -0.407. The molecule has 2 aromatic carbocycles. The first-order valence-corrected chi connectivity index (χ1v) is 8.70. The van der Waals surface area contributed by atoms with E-state index in [1.165, 1.54) is 16.8 Å². The third-order valence-electron chi connectivity index (χ3n) is 4.67. The van der Waals surface area contributed by atoms with E-state index in [1.807, 2.05) is 38.1 Å². The Morgan fingerprint density at radius 3 is 2.78 bits per heavy atom. The third kappa shape index (κ3) is 3.33. The van der Waals surface area contributed by atoms with Crippen LogP contribution >= 0.6 is 0 Å². The Morgan fingerprint density at radius 1 is 1.19 bits per heavy atom. The SMILES string of the molecule is Cc1c([C@H](C)NCc2nc3ccccc3[nH]2)cnn1-c1ccc(F)cc1F. The van der Waals surface area contributed by atoms with E-state index in [2.05, 4.69) is 20.4 Å². The second-order valence-electron chi connectivity index (χ2n) is 6.50. The van der Waals surface area contributed by atoms with Gasteiger partial charge in [0, 0.05) is 23.4 Å². The molecule has 2 N–H and O–H groups in total. The molecule has 5 nitrogen and oxygen atoms in total. The van der Waals surface area contributed by atoms with Crippen LogP contribution in [0.4, 0.5) is 8.78 Å². The van der Waals surface area contributed by atoms with Crippen molar-refractivity contribution in [3.8, 4) is 5.69 Å². The zero-order valence-electron chi connectivity index (χ0n) is 15.0. The van der Waals surface area contributed by atoms with E-state index in [4.69, 9.17) is 0 Å². The topological polar surface area (TPSA) is 58.5 Å². The summed E-state index contributed by atoms with van der Waals surface area (Å²) in [6, 6.07) is 11.3. The molecule has 2 aromatic heterocycles. The van der Waals surface area contributed by atoms with E-state index in [1.54, 1.807) is 6.20 Å². The number of rotatable bonds is 5. The van der Waals surface area contributed by atoms with Gasteiger partial charge in [0.25, 0.3) is 0 Å². The standard InChI is InChI=1S/C20H19F2N5/c1-12(23-11-20-25-17-5-3-4-6-18(17)26-20)15-10-24-27(13(15)2)19-8-7-14(21)9-16(19)22/h3-10,12,23H,11H2,1-2H3,(H,25,26)/t12-/m0/s1. The predicted molar refractivity (Wildman–Crippen MR) is 99.6 cm³/mol. The number of hydrogen-bond donors (Lipinski definition) is 2. The first-order valence-electron chi connectivity index (χ1n) is 8.70. The van der Waals surface area contributed by atoms with Crippen LogP contribution in [0.1, 0.15) is 30.0 Å². The molecule has 4 rings (SSSR count). The minimum Gasteiger partial charge on any atom is -0.341 e. The molecule has 0 spiro atoms. The van der Waals surface area contributed by atoms with E-state index in [0.29, 0.717) is 6.54 Å². The van der Waals surface area contributed by atoms with Gasteiger partial charge >= 0.3 is 0 Å². The van der Waals surface area contributed by atoms with Gasteiger partial charge in [-0.15, -0.1) is 0 Å². The number of fused-ring (bicyclic) bond motifs is 1. The number of nitrogens with zero attached hydrogens (tertiary/aromatic N) is 3. The first kappa shape index (κ1) is 17.4. The van der Waals surface area contributed by atoms with Crippen molar-refractivity contribution in [2.45, 2.75) is 26.4 Å². The Hall–Kier alpha value is -3.06. The Bertz CT molecular complexity index is 1070. The maximum atomic E-state index is 14.1. The van der Waals surface area contributed by atoms with Crippen molar-refractivity contribution in [3.63, 3.8) is 0 Å². The van der Waals surface area contributed by atoms with Gasteiger partial charge in [-0.3, -0.25) is 0 Å². The van der Waals surface area contributed by atoms with Gasteiger partial charge in [0.1, 0.15) is 17.3 Å². The molecule has 1 atom stereocenters. The van der Waals surface area contributed by atoms with Gasteiger partial charge < -0.3 is 10.3 Å². The molecule has 27 heavy (non-hydrogen) atoms. The Kier molecular flexibility index (Phi) is 4.45. The third-order valence-corrected chi connectivity index (χ3v) is 4.67. The van der Waals surface area contributed by atoms with Crippen molar-refractivity contribution in [1.82, 2.24) is 25.1 Å². The normalized spacial score (nSPS) is 12.6. The summed E-state index contributed by atoms with van der Waals surface area (Å²) in [6.45, 7) is 4.44. The van der Waals surface area contributed by atoms with Gasteiger partial charge in [-0.1, -0.05) is 12.1 Å². The van der Waals surface area contributed by atoms with Gasteiger partial charge in [0.2, 0.25) is 0 Å². The summed E-state index contributed by atoms with van der Waals surface area (Å²) < 4.78 is 28.7. The highest BCUT2D eigenvalue weighted by Crippen LogP contribution is 2.22. The lowest BCUT2D eigenvalue weighted by Gasteiger charge is -2.13. The average molecular weight is 367 g/mol. The number of aromatic nitrogens is 4. The molecule has 7 heteroatoms. The first-order chi connectivity index (χ1) is 13.0. The molecule has 0 radical (unpaired) electrons. The molecule has 0 bridgehead atoms. The minimum absolute atomic E-state index is 0.0181. The molecule has 0 aliphatic heterocycles. The largest absolute Gasteiger partial charge is 0.341 e. The highest BCUT2D eigenvalue weighted by molar-refractivity contribution is 5.74. The number of benzene rings is 2. The van der Waals surface area contributed by atoms with Crippen molar-refractivity contribution in [3.05, 3.63) is 77.4 Å². The lowest BCUT2D eigenvalue weighted by molar-refractivity contribution is 0.558. The summed E-state index contributed by atoms with van der Waals surface area (Å²) in [5, 5.41) is 7.68. The molecule has 0 saturated carbocycles. The van der Waals surface area contributed by atoms with Gasteiger partial charge in [-0.25, -0.2) is 18.4 Å². The van der Waals surface area contributed by atoms with E-state index >= 15 is 0 Å². The van der Waals surface area contributed by atoms with Crippen molar-refractivity contribution in [1.29, 1.82) is 0 Å². The molecule has 0 unspecified atom stereocenters. The molecule has 0 amide bonds. The van der Waals surface area contributed by atoms with E-state index in [-0.39, 0.29) is 11.7 Å². The predicted octanol–water partition coefficient (Wildman–Crippen LogP) is 4.19. The van der Waals surface area contributed by atoms with Crippen molar-refractivity contribution >= 4 is 11.0 Å². The summed E-state index contributed by atoms with van der Waals surface area (Å²) in [7, 11) is 0. The molecule has 4 aromatic rings. The fraction of sp³-hybridized carbons (Fsp3) is 0.200. The zero-order valence-corrected chi connectivity index (χ0v) is 15.0. The van der Waals surface area contributed by atoms with Crippen LogP contribution in [0, 0.1) is 18.6 Å². The van der Waals surface area contributed by atoms with Crippen molar-refractivity contribution in [2.24, 2.45) is 0 Å². The molecule has 0 aliphatic rings. The van der Waals surface area contributed by atoms with Crippen LogP contribution in [0.15, 0.2) is 48.7 Å². The van der Waals surface area contributed by atoms with Crippen LogP contribution in [-0.2, 0) is 6.54 Å². The van der Waals surface area contributed by atoms with Crippen molar-refractivity contribution < 1.29 is 8.78 Å². The number of para-hydroxylation sites is 2. The fourth-order valence-electron chi connectivity index (χ4n) is 3.19. The van der Waals surface area contributed by atoms with Gasteiger partial charge in [-0.2, -0.15) is 5.10 Å². The molecule has 0 aliphatic carbocycles. The lowest BCUT2D eigenvalue weighted by Crippen LogP contribution is -2.19. The summed E-state index contributed by atoms with van der Waals surface area (Å²) in [5.41, 5.74) is 3.89. The van der Waals surface area contributed by atoms with Gasteiger partial charge in [0.15, 0.2) is 5.82 Å². The minimum atomic E-state index is -0.643. The number of imidazole rings is 1. The maximum Gasteiger partial charge on any atom is 0.151 e. The molecule has 0 saturated heterocycles. The van der Waals surface area contributed by atoms with Crippen LogP contribution in [0.25, 0.3) is 16.7 Å². The van der Waals surface area contributed by atoms with Crippen LogP contribution < -0.4 is 5.32 Å². The van der Waals surface area contributed by atoms with Crippen LogP contribution in [0.2, 0.25) is 0 Å². The summed E-state index contributed by atoms with van der Waals surface area (Å²) in [6.07, 6.45) is 1.70. The smallest absolute Gasteiger partial charge is 0.151 e. The Balaban J connectivity index is 1.52. The Morgan fingerprint density at radius 2 is 2.00 bits per heavy atom. The number of hydrogen-bond acceptors (Lipinski definition) is 3. The van der Waals surface area contributed by atoms with Gasteiger partial charge in [-0.05, 0) is 38.1 Å². The second-order valence-corrected chi connectivity index (χ2v) is 6.50. The highest BCUT2D eigenvalue weighted by Gasteiger charge is 2.16. The number of aromatic amines is 1. The molecular weight excluding hydrogens is 348 g/mol. The Labute approximate surface area is 155 Å². The van der Waals surface area contributed by atoms with E-state index in [9.17, 15) is 8.78 Å². The molecular formula is C20H19F2N5. The number of halogens is 2.